The molecular formula is C12H12ClF3O3. The first kappa shape index (κ1) is 15.8. The summed E-state index contributed by atoms with van der Waals surface area (Å²) >= 11 is 5.87. The predicted molar refractivity (Wildman–Crippen MR) is 63.8 cm³/mol. The Hall–Kier alpha value is -1.27. The Kier molecular flexibility index (Phi) is 5.62. The molecule has 3 nitrogen and oxygen atoms in total. The molecule has 0 bridgehead atoms. The Morgan fingerprint density at radius 1 is 1.37 bits per heavy atom. The fourth-order valence-electron chi connectivity index (χ4n) is 1.34. The summed E-state index contributed by atoms with van der Waals surface area (Å²) in [6, 6.07) is 4.48. The maximum absolute atomic E-state index is 11.8. The van der Waals surface area contributed by atoms with E-state index < -0.39 is 12.8 Å². The monoisotopic (exact) mass is 296 g/mol. The van der Waals surface area contributed by atoms with Crippen molar-refractivity contribution in [1.82, 2.24) is 0 Å². The van der Waals surface area contributed by atoms with Gasteiger partial charge in [0.05, 0.1) is 18.7 Å². The number of carbonyl (C=O) groups excluding carboxylic acids is 1. The summed E-state index contributed by atoms with van der Waals surface area (Å²) in [6.45, 7) is -1.67. The zero-order chi connectivity index (χ0) is 14.5. The molecule has 0 atom stereocenters. The average molecular weight is 297 g/mol. The smallest absolute Gasteiger partial charge is 0.411 e. The molecule has 0 spiro atoms. The third-order valence-electron chi connectivity index (χ3n) is 2.22. The molecule has 106 valence electrons. The minimum absolute atomic E-state index is 0.165. The van der Waals surface area contributed by atoms with Gasteiger partial charge < -0.3 is 9.47 Å². The predicted octanol–water partition coefficient (Wildman–Crippen LogP) is 3.50. The molecule has 1 rings (SSSR count). The van der Waals surface area contributed by atoms with Crippen molar-refractivity contribution in [3.05, 3.63) is 28.8 Å². The van der Waals surface area contributed by atoms with Crippen molar-refractivity contribution in [2.24, 2.45) is 0 Å². The number of alkyl halides is 3. The molecule has 0 fully saturated rings. The molecular weight excluding hydrogens is 285 g/mol. The summed E-state index contributed by atoms with van der Waals surface area (Å²) < 4.78 is 44.7. The summed E-state index contributed by atoms with van der Waals surface area (Å²) in [6.07, 6.45) is -4.55. The number of carbonyl (C=O) groups is 1. The molecule has 0 saturated carbocycles. The van der Waals surface area contributed by atoms with Crippen LogP contribution < -0.4 is 4.74 Å². The lowest BCUT2D eigenvalue weighted by Gasteiger charge is -2.08. The number of ether oxygens (including phenoxy) is 2. The normalized spacial score (nSPS) is 11.4. The second-order valence-corrected chi connectivity index (χ2v) is 4.09. The number of rotatable bonds is 6. The number of benzene rings is 1. The van der Waals surface area contributed by atoms with Crippen LogP contribution in [0.1, 0.15) is 16.8 Å². The van der Waals surface area contributed by atoms with Gasteiger partial charge in [-0.2, -0.15) is 13.2 Å². The minimum atomic E-state index is -4.39. The molecule has 0 saturated heterocycles. The van der Waals surface area contributed by atoms with Crippen LogP contribution in [0.2, 0.25) is 5.02 Å². The highest BCUT2D eigenvalue weighted by molar-refractivity contribution is 6.34. The fourth-order valence-corrected chi connectivity index (χ4v) is 1.61. The summed E-state index contributed by atoms with van der Waals surface area (Å²) in [7, 11) is 1.46. The van der Waals surface area contributed by atoms with Crippen molar-refractivity contribution in [1.29, 1.82) is 0 Å². The first-order chi connectivity index (χ1) is 8.83. The molecule has 0 aliphatic rings. The quantitative estimate of drug-likeness (QED) is 0.595. The van der Waals surface area contributed by atoms with E-state index in [0.717, 1.165) is 0 Å². The number of ketones is 1. The third kappa shape index (κ3) is 5.48. The van der Waals surface area contributed by atoms with Crippen LogP contribution in [0.3, 0.4) is 0 Å². The van der Waals surface area contributed by atoms with E-state index in [4.69, 9.17) is 16.3 Å². The molecule has 0 aliphatic heterocycles. The highest BCUT2D eigenvalue weighted by Gasteiger charge is 2.27. The van der Waals surface area contributed by atoms with Crippen molar-refractivity contribution in [3.8, 4) is 5.75 Å². The highest BCUT2D eigenvalue weighted by atomic mass is 35.5. The largest absolute Gasteiger partial charge is 0.497 e. The Balaban J connectivity index is 2.50. The first-order valence-electron chi connectivity index (χ1n) is 5.34. The van der Waals surface area contributed by atoms with E-state index in [9.17, 15) is 18.0 Å². The lowest BCUT2D eigenvalue weighted by Crippen LogP contribution is -2.18. The minimum Gasteiger partial charge on any atom is -0.497 e. The molecule has 1 aromatic carbocycles. The van der Waals surface area contributed by atoms with Gasteiger partial charge >= 0.3 is 6.18 Å². The first-order valence-corrected chi connectivity index (χ1v) is 5.72. The van der Waals surface area contributed by atoms with Crippen LogP contribution in [0.15, 0.2) is 18.2 Å². The molecule has 0 N–H and O–H groups in total. The fraction of sp³-hybridized carbons (Fsp3) is 0.417. The van der Waals surface area contributed by atoms with Gasteiger partial charge in [0, 0.05) is 12.0 Å². The van der Waals surface area contributed by atoms with E-state index >= 15 is 0 Å². The van der Waals surface area contributed by atoms with E-state index in [1.54, 1.807) is 6.07 Å². The van der Waals surface area contributed by atoms with Gasteiger partial charge in [-0.25, -0.2) is 0 Å². The molecule has 7 heteroatoms. The number of halogens is 4. The molecule has 0 amide bonds. The summed E-state index contributed by atoms with van der Waals surface area (Å²) in [5.74, 6) is 0.115. The van der Waals surface area contributed by atoms with E-state index in [-0.39, 0.29) is 29.4 Å². The van der Waals surface area contributed by atoms with Crippen LogP contribution in [0, 0.1) is 0 Å². The third-order valence-corrected chi connectivity index (χ3v) is 2.53. The number of hydrogen-bond donors (Lipinski definition) is 0. The Labute approximate surface area is 113 Å². The SMILES string of the molecule is COc1ccc(C(=O)CCOCC(F)(F)F)c(Cl)c1. The number of hydrogen-bond acceptors (Lipinski definition) is 3. The van der Waals surface area contributed by atoms with Gasteiger partial charge in [-0.1, -0.05) is 11.6 Å². The van der Waals surface area contributed by atoms with Gasteiger partial charge in [0.2, 0.25) is 0 Å². The van der Waals surface area contributed by atoms with Gasteiger partial charge in [0.25, 0.3) is 0 Å². The van der Waals surface area contributed by atoms with Crippen molar-refractivity contribution in [2.75, 3.05) is 20.3 Å². The van der Waals surface area contributed by atoms with Gasteiger partial charge in [-0.15, -0.1) is 0 Å². The van der Waals surface area contributed by atoms with Crippen LogP contribution in [-0.2, 0) is 4.74 Å². The second-order valence-electron chi connectivity index (χ2n) is 3.69. The van der Waals surface area contributed by atoms with Gasteiger partial charge in [-0.05, 0) is 18.2 Å². The molecule has 0 aromatic heterocycles. The van der Waals surface area contributed by atoms with E-state index in [2.05, 4.69) is 4.74 Å². The number of methoxy groups -OCH3 is 1. The average Bonchev–Trinajstić information content (AvgIpc) is 2.33. The summed E-state index contributed by atoms with van der Waals surface area (Å²) in [5.41, 5.74) is 0.234. The van der Waals surface area contributed by atoms with Crippen LogP contribution in [0.25, 0.3) is 0 Å². The molecule has 0 heterocycles. The van der Waals surface area contributed by atoms with Crippen molar-refractivity contribution in [2.45, 2.75) is 12.6 Å². The lowest BCUT2D eigenvalue weighted by molar-refractivity contribution is -0.173. The van der Waals surface area contributed by atoms with Gasteiger partial charge in [0.15, 0.2) is 5.78 Å². The van der Waals surface area contributed by atoms with Crippen LogP contribution >= 0.6 is 11.6 Å². The van der Waals surface area contributed by atoms with E-state index in [0.29, 0.717) is 5.75 Å². The Bertz CT molecular complexity index is 446. The van der Waals surface area contributed by atoms with Crippen molar-refractivity contribution < 1.29 is 27.4 Å². The zero-order valence-electron chi connectivity index (χ0n) is 10.1. The molecule has 19 heavy (non-hydrogen) atoms. The summed E-state index contributed by atoms with van der Waals surface area (Å²) in [5, 5.41) is 0.195. The van der Waals surface area contributed by atoms with Crippen LogP contribution in [-0.4, -0.2) is 32.3 Å². The Morgan fingerprint density at radius 2 is 2.05 bits per heavy atom. The highest BCUT2D eigenvalue weighted by Crippen LogP contribution is 2.23. The van der Waals surface area contributed by atoms with Crippen LogP contribution in [0.4, 0.5) is 13.2 Å². The second kappa shape index (κ2) is 6.77. The maximum atomic E-state index is 11.8. The van der Waals surface area contributed by atoms with E-state index in [1.807, 2.05) is 0 Å². The Morgan fingerprint density at radius 3 is 2.58 bits per heavy atom. The molecule has 1 aromatic rings. The zero-order valence-corrected chi connectivity index (χ0v) is 10.8. The standard InChI is InChI=1S/C12H12ClF3O3/c1-18-8-2-3-9(10(13)6-8)11(17)4-5-19-7-12(14,15)16/h2-3,6H,4-5,7H2,1H3. The maximum Gasteiger partial charge on any atom is 0.411 e. The molecule has 0 unspecified atom stereocenters. The molecule has 0 radical (unpaired) electrons. The topological polar surface area (TPSA) is 35.5 Å². The van der Waals surface area contributed by atoms with Gasteiger partial charge in [-0.3, -0.25) is 4.79 Å². The molecule has 0 aliphatic carbocycles. The summed E-state index contributed by atoms with van der Waals surface area (Å²) in [4.78, 5) is 11.7. The van der Waals surface area contributed by atoms with Crippen molar-refractivity contribution >= 4 is 17.4 Å². The van der Waals surface area contributed by atoms with Crippen LogP contribution in [0.5, 0.6) is 5.75 Å². The lowest BCUT2D eigenvalue weighted by atomic mass is 10.1. The van der Waals surface area contributed by atoms with Gasteiger partial charge in [0.1, 0.15) is 12.4 Å². The number of Topliss-reactive ketones (excluding diaryl/α,β-unsaturated/α-hetero) is 1. The van der Waals surface area contributed by atoms with E-state index in [1.165, 1.54) is 19.2 Å². The van der Waals surface area contributed by atoms with Crippen molar-refractivity contribution in [3.63, 3.8) is 0 Å².